The molecule has 2 aromatic heterocycles. The highest BCUT2D eigenvalue weighted by Crippen LogP contribution is 2.26. The molecule has 0 unspecified atom stereocenters. The van der Waals surface area contributed by atoms with Crippen LogP contribution in [0, 0.1) is 0 Å². The molecule has 0 aliphatic carbocycles. The lowest BCUT2D eigenvalue weighted by atomic mass is 10.1. The van der Waals surface area contributed by atoms with Gasteiger partial charge in [0.1, 0.15) is 10.8 Å². The first-order chi connectivity index (χ1) is 16.2. The zero-order valence-electron chi connectivity index (χ0n) is 17.5. The van der Waals surface area contributed by atoms with Crippen LogP contribution in [-0.2, 0) is 4.74 Å². The fourth-order valence-corrected chi connectivity index (χ4v) is 4.16. The average Bonchev–Trinajstić information content (AvgIpc) is 3.32. The molecule has 2 aromatic carbocycles. The highest BCUT2D eigenvalue weighted by molar-refractivity contribution is 7.10. The molecule has 3 heterocycles. The van der Waals surface area contributed by atoms with Crippen LogP contribution in [0.4, 0.5) is 16.5 Å². The van der Waals surface area contributed by atoms with Gasteiger partial charge in [-0.05, 0) is 41.9 Å². The van der Waals surface area contributed by atoms with Crippen LogP contribution in [0.2, 0.25) is 0 Å². The minimum Gasteiger partial charge on any atom is -0.378 e. The molecule has 1 fully saturated rings. The number of carbonyl (C=O) groups is 2. The molecular weight excluding hydrogens is 440 g/mol. The Morgan fingerprint density at radius 2 is 1.82 bits per heavy atom. The van der Waals surface area contributed by atoms with Crippen LogP contribution >= 0.6 is 11.5 Å². The number of nitrogens with zero attached hydrogens (tertiary/aromatic N) is 4. The molecule has 1 saturated heterocycles. The summed E-state index contributed by atoms with van der Waals surface area (Å²) in [5, 5.41) is 6.54. The van der Waals surface area contributed by atoms with E-state index in [0.717, 1.165) is 22.6 Å². The fraction of sp³-hybridized carbons (Fsp3) is 0.174. The van der Waals surface area contributed by atoms with E-state index < -0.39 is 0 Å². The molecule has 0 radical (unpaired) electrons. The van der Waals surface area contributed by atoms with Gasteiger partial charge in [-0.1, -0.05) is 18.2 Å². The number of morpholine rings is 1. The number of nitrogens with one attached hydrogen (secondary N) is 2. The molecule has 9 nitrogen and oxygen atoms in total. The van der Waals surface area contributed by atoms with Crippen LogP contribution in [0.3, 0.4) is 0 Å². The summed E-state index contributed by atoms with van der Waals surface area (Å²) >= 11 is 1.15. The van der Waals surface area contributed by atoms with Crippen LogP contribution in [-0.4, -0.2) is 57.4 Å². The Balaban J connectivity index is 1.31. The Hall–Kier alpha value is -3.89. The van der Waals surface area contributed by atoms with Crippen molar-refractivity contribution in [2.45, 2.75) is 0 Å². The van der Waals surface area contributed by atoms with Gasteiger partial charge in [0, 0.05) is 24.3 Å². The van der Waals surface area contributed by atoms with Crippen molar-refractivity contribution >= 4 is 50.9 Å². The summed E-state index contributed by atoms with van der Waals surface area (Å²) in [6, 6.07) is 14.5. The SMILES string of the molecule is O=C(Nc1cccc(C(=O)N2CCOCC2)c1)c1cnsc1Nc1cnc2ccccc2n1. The molecule has 0 saturated carbocycles. The second-order valence-electron chi connectivity index (χ2n) is 7.38. The quantitative estimate of drug-likeness (QED) is 0.469. The van der Waals surface area contributed by atoms with Crippen molar-refractivity contribution in [3.05, 3.63) is 72.1 Å². The largest absolute Gasteiger partial charge is 0.378 e. The maximum atomic E-state index is 12.9. The highest BCUT2D eigenvalue weighted by Gasteiger charge is 2.20. The van der Waals surface area contributed by atoms with E-state index in [-0.39, 0.29) is 11.8 Å². The van der Waals surface area contributed by atoms with E-state index in [9.17, 15) is 9.59 Å². The number of benzene rings is 2. The van der Waals surface area contributed by atoms with Gasteiger partial charge in [-0.25, -0.2) is 4.98 Å². The second kappa shape index (κ2) is 9.31. The molecular formula is C23H20N6O3S. The van der Waals surface area contributed by atoms with E-state index >= 15 is 0 Å². The normalized spacial score (nSPS) is 13.6. The summed E-state index contributed by atoms with van der Waals surface area (Å²) < 4.78 is 9.46. The topological polar surface area (TPSA) is 109 Å². The first kappa shape index (κ1) is 21.0. The third-order valence-corrected chi connectivity index (χ3v) is 5.89. The van der Waals surface area contributed by atoms with Gasteiger partial charge in [-0.15, -0.1) is 0 Å². The number of aromatic nitrogens is 3. The van der Waals surface area contributed by atoms with Crippen molar-refractivity contribution < 1.29 is 14.3 Å². The van der Waals surface area contributed by atoms with Crippen LogP contribution in [0.1, 0.15) is 20.7 Å². The van der Waals surface area contributed by atoms with Gasteiger partial charge in [0.25, 0.3) is 11.8 Å². The van der Waals surface area contributed by atoms with Crippen molar-refractivity contribution in [1.29, 1.82) is 0 Å². The van der Waals surface area contributed by atoms with E-state index in [1.807, 2.05) is 24.3 Å². The van der Waals surface area contributed by atoms with Crippen LogP contribution < -0.4 is 10.6 Å². The molecule has 10 heteroatoms. The minimum atomic E-state index is -0.337. The first-order valence-electron chi connectivity index (χ1n) is 10.4. The van der Waals surface area contributed by atoms with Crippen molar-refractivity contribution in [2.24, 2.45) is 0 Å². The Labute approximate surface area is 193 Å². The summed E-state index contributed by atoms with van der Waals surface area (Å²) in [5.41, 5.74) is 2.96. The zero-order valence-corrected chi connectivity index (χ0v) is 18.3. The van der Waals surface area contributed by atoms with E-state index in [4.69, 9.17) is 4.74 Å². The molecule has 166 valence electrons. The molecule has 0 bridgehead atoms. The average molecular weight is 461 g/mol. The van der Waals surface area contributed by atoms with Gasteiger partial charge in [0.2, 0.25) is 0 Å². The van der Waals surface area contributed by atoms with Crippen molar-refractivity contribution in [1.82, 2.24) is 19.2 Å². The standard InChI is InChI=1S/C23H20N6O3S/c30-21(26-16-5-3-4-15(12-16)23(31)29-8-10-32-11-9-29)17-13-25-33-22(17)28-20-14-24-18-6-1-2-7-19(18)27-20/h1-7,12-14H,8-11H2,(H,26,30)(H,27,28). The van der Waals surface area contributed by atoms with Gasteiger partial charge >= 0.3 is 0 Å². The number of fused-ring (bicyclic) bond motifs is 1. The predicted molar refractivity (Wildman–Crippen MR) is 126 cm³/mol. The number of hydrogen-bond donors (Lipinski definition) is 2. The van der Waals surface area contributed by atoms with Crippen molar-refractivity contribution in [2.75, 3.05) is 36.9 Å². The lowest BCUT2D eigenvalue weighted by Crippen LogP contribution is -2.40. The van der Waals surface area contributed by atoms with Gasteiger partial charge in [-0.2, -0.15) is 4.37 Å². The summed E-state index contributed by atoms with van der Waals surface area (Å²) in [6.45, 7) is 2.18. The monoisotopic (exact) mass is 460 g/mol. The first-order valence-corrected chi connectivity index (χ1v) is 11.2. The Morgan fingerprint density at radius 1 is 1.00 bits per heavy atom. The second-order valence-corrected chi connectivity index (χ2v) is 8.18. The van der Waals surface area contributed by atoms with E-state index in [2.05, 4.69) is 25.0 Å². The molecule has 2 amide bonds. The summed E-state index contributed by atoms with van der Waals surface area (Å²) in [7, 11) is 0. The fourth-order valence-electron chi connectivity index (χ4n) is 3.50. The zero-order chi connectivity index (χ0) is 22.6. The van der Waals surface area contributed by atoms with Crippen LogP contribution in [0.15, 0.2) is 60.9 Å². The van der Waals surface area contributed by atoms with Crippen LogP contribution in [0.5, 0.6) is 0 Å². The number of hydrogen-bond acceptors (Lipinski definition) is 8. The minimum absolute atomic E-state index is 0.0798. The predicted octanol–water partition coefficient (Wildman–Crippen LogP) is 3.55. The highest BCUT2D eigenvalue weighted by atomic mass is 32.1. The molecule has 2 N–H and O–H groups in total. The third kappa shape index (κ3) is 4.66. The van der Waals surface area contributed by atoms with Gasteiger partial charge < -0.3 is 20.3 Å². The number of amides is 2. The van der Waals surface area contributed by atoms with Gasteiger partial charge in [-0.3, -0.25) is 14.6 Å². The van der Waals surface area contributed by atoms with Crippen molar-refractivity contribution in [3.63, 3.8) is 0 Å². The smallest absolute Gasteiger partial charge is 0.260 e. The molecule has 0 atom stereocenters. The van der Waals surface area contributed by atoms with E-state index in [0.29, 0.717) is 53.9 Å². The summed E-state index contributed by atoms with van der Waals surface area (Å²) in [6.07, 6.45) is 3.12. The molecule has 33 heavy (non-hydrogen) atoms. The molecule has 0 spiro atoms. The molecule has 4 aromatic rings. The summed E-state index contributed by atoms with van der Waals surface area (Å²) in [5.74, 6) is 0.102. The van der Waals surface area contributed by atoms with Gasteiger partial charge in [0.15, 0.2) is 0 Å². The third-order valence-electron chi connectivity index (χ3n) is 5.17. The number of anilines is 3. The number of carbonyl (C=O) groups excluding carboxylic acids is 2. The number of rotatable bonds is 5. The lowest BCUT2D eigenvalue weighted by molar-refractivity contribution is 0.0303. The van der Waals surface area contributed by atoms with Crippen molar-refractivity contribution in [3.8, 4) is 0 Å². The maximum Gasteiger partial charge on any atom is 0.260 e. The molecule has 1 aliphatic heterocycles. The summed E-state index contributed by atoms with van der Waals surface area (Å²) in [4.78, 5) is 36.4. The Kier molecular flexibility index (Phi) is 5.92. The van der Waals surface area contributed by atoms with E-state index in [1.165, 1.54) is 6.20 Å². The number of para-hydroxylation sites is 2. The Bertz CT molecular complexity index is 1320. The molecule has 1 aliphatic rings. The Morgan fingerprint density at radius 3 is 2.67 bits per heavy atom. The van der Waals surface area contributed by atoms with Crippen LogP contribution in [0.25, 0.3) is 11.0 Å². The molecule has 5 rings (SSSR count). The number of ether oxygens (including phenoxy) is 1. The van der Waals surface area contributed by atoms with E-state index in [1.54, 1.807) is 35.4 Å². The lowest BCUT2D eigenvalue weighted by Gasteiger charge is -2.27. The maximum absolute atomic E-state index is 12.9. The van der Waals surface area contributed by atoms with Gasteiger partial charge in [0.05, 0.1) is 42.2 Å².